The molecule has 0 aliphatic heterocycles. The van der Waals surface area contributed by atoms with Crippen molar-refractivity contribution in [2.75, 3.05) is 19.8 Å². The second-order valence-electron chi connectivity index (χ2n) is 15.4. The molecule has 62 heavy (non-hydrogen) atoms. The van der Waals surface area contributed by atoms with Crippen molar-refractivity contribution in [3.05, 3.63) is 132 Å². The van der Waals surface area contributed by atoms with Crippen LogP contribution in [0.15, 0.2) is 118 Å². The Morgan fingerprint density at radius 2 is 0.935 bits per heavy atom. The van der Waals surface area contributed by atoms with E-state index >= 15 is 0 Å². The molecule has 0 bridgehead atoms. The van der Waals surface area contributed by atoms with Gasteiger partial charge >= 0.3 is 11.9 Å². The molecule has 0 aliphatic rings. The summed E-state index contributed by atoms with van der Waals surface area (Å²) in [6, 6.07) is 33.9. The molecule has 0 radical (unpaired) electrons. The zero-order chi connectivity index (χ0) is 44.5. The Bertz CT molecular complexity index is 2280. The molecule has 0 unspecified atom stereocenters. The predicted octanol–water partition coefficient (Wildman–Crippen LogP) is 10.8. The summed E-state index contributed by atoms with van der Waals surface area (Å²) >= 11 is 0. The summed E-state index contributed by atoms with van der Waals surface area (Å²) in [6.07, 6.45) is 4.93. The SMILES string of the molecule is CCCc1oc(-c2ccccc2)nc1CCOc1ccc(OC(C)(C)C(=O)O)cc1.CCCc1oc(-c2ccccc2)nc1CCOc1ccc(OC(C)(C)C(=O)OCC)cc1. The maximum atomic E-state index is 12.0. The highest BCUT2D eigenvalue weighted by Gasteiger charge is 2.32. The second-order valence-corrected chi connectivity index (χ2v) is 15.4. The van der Waals surface area contributed by atoms with Crippen LogP contribution in [0.3, 0.4) is 0 Å². The van der Waals surface area contributed by atoms with E-state index in [4.69, 9.17) is 42.6 Å². The van der Waals surface area contributed by atoms with Gasteiger partial charge in [0.15, 0.2) is 11.2 Å². The van der Waals surface area contributed by atoms with Gasteiger partial charge in [-0.3, -0.25) is 0 Å². The van der Waals surface area contributed by atoms with E-state index in [2.05, 4.69) is 18.8 Å². The van der Waals surface area contributed by atoms with Crippen LogP contribution in [0.5, 0.6) is 23.0 Å². The van der Waals surface area contributed by atoms with Gasteiger partial charge in [-0.15, -0.1) is 0 Å². The van der Waals surface area contributed by atoms with Gasteiger partial charge in [0.2, 0.25) is 11.8 Å². The lowest BCUT2D eigenvalue weighted by Gasteiger charge is -2.24. The first-order valence-corrected chi connectivity index (χ1v) is 21.1. The number of esters is 1. The fourth-order valence-electron chi connectivity index (χ4n) is 6.13. The molecule has 0 fully saturated rings. The van der Waals surface area contributed by atoms with Crippen LogP contribution in [-0.2, 0) is 40.0 Å². The summed E-state index contributed by atoms with van der Waals surface area (Å²) in [5.74, 6) is 4.13. The van der Waals surface area contributed by atoms with Crippen molar-refractivity contribution in [2.24, 2.45) is 0 Å². The highest BCUT2D eigenvalue weighted by Crippen LogP contribution is 2.27. The number of carboxylic acid groups (broad SMARTS) is 1. The predicted molar refractivity (Wildman–Crippen MR) is 237 cm³/mol. The highest BCUT2D eigenvalue weighted by atomic mass is 16.6. The van der Waals surface area contributed by atoms with E-state index in [9.17, 15) is 9.59 Å². The number of aliphatic carboxylic acids is 1. The zero-order valence-corrected chi connectivity index (χ0v) is 36.8. The maximum absolute atomic E-state index is 12.0. The minimum Gasteiger partial charge on any atom is -0.493 e. The minimum absolute atomic E-state index is 0.316. The molecular formula is C50H58N2O10. The number of aryl methyl sites for hydroxylation is 2. The lowest BCUT2D eigenvalue weighted by Crippen LogP contribution is -2.39. The number of oxazole rings is 2. The third-order valence-corrected chi connectivity index (χ3v) is 9.44. The number of carbonyl (C=O) groups is 2. The standard InChI is InChI=1S/C26H31NO5.C24H27NO5/c1-5-10-23-22(27-24(31-23)19-11-8-7-9-12-19)17-18-30-20-13-15-21(16-14-20)32-26(3,4)25(28)29-6-2;1-4-8-21-20(25-22(29-21)17-9-6-5-7-10-17)15-16-28-18-11-13-19(14-12-18)30-24(2,3)23(26)27/h7-9,11-16H,5-6,10,17-18H2,1-4H3;5-7,9-14H,4,8,15-16H2,1-3H3,(H,26,27). The summed E-state index contributed by atoms with van der Waals surface area (Å²) in [7, 11) is 0. The molecule has 0 aliphatic carbocycles. The van der Waals surface area contributed by atoms with E-state index in [1.54, 1.807) is 57.2 Å². The monoisotopic (exact) mass is 846 g/mol. The van der Waals surface area contributed by atoms with Gasteiger partial charge in [-0.05, 0) is 120 Å². The highest BCUT2D eigenvalue weighted by molar-refractivity contribution is 5.79. The van der Waals surface area contributed by atoms with Gasteiger partial charge < -0.3 is 37.6 Å². The van der Waals surface area contributed by atoms with E-state index in [1.165, 1.54) is 13.8 Å². The smallest absolute Gasteiger partial charge is 0.349 e. The molecular weight excluding hydrogens is 789 g/mol. The van der Waals surface area contributed by atoms with Crippen LogP contribution < -0.4 is 18.9 Å². The Hall–Kier alpha value is -6.56. The number of benzene rings is 4. The number of carbonyl (C=O) groups excluding carboxylic acids is 1. The third-order valence-electron chi connectivity index (χ3n) is 9.44. The Morgan fingerprint density at radius 3 is 1.31 bits per heavy atom. The Morgan fingerprint density at radius 1 is 0.548 bits per heavy atom. The van der Waals surface area contributed by atoms with Crippen molar-refractivity contribution >= 4 is 11.9 Å². The molecule has 12 heteroatoms. The van der Waals surface area contributed by atoms with Crippen molar-refractivity contribution in [3.63, 3.8) is 0 Å². The van der Waals surface area contributed by atoms with Crippen LogP contribution in [0.4, 0.5) is 0 Å². The van der Waals surface area contributed by atoms with E-state index in [-0.39, 0.29) is 0 Å². The summed E-state index contributed by atoms with van der Waals surface area (Å²) in [6.45, 7) is 13.6. The molecule has 0 saturated carbocycles. The van der Waals surface area contributed by atoms with Crippen LogP contribution in [0.25, 0.3) is 22.9 Å². The number of nitrogens with zero attached hydrogens (tertiary/aromatic N) is 2. The topological polar surface area (TPSA) is 153 Å². The Kier molecular flexibility index (Phi) is 16.7. The van der Waals surface area contributed by atoms with Crippen LogP contribution in [-0.4, -0.2) is 58.0 Å². The number of rotatable bonds is 21. The molecule has 0 saturated heterocycles. The second kappa shape index (κ2) is 22.3. The van der Waals surface area contributed by atoms with Crippen LogP contribution >= 0.6 is 0 Å². The summed E-state index contributed by atoms with van der Waals surface area (Å²) in [5, 5.41) is 9.15. The molecule has 328 valence electrons. The van der Waals surface area contributed by atoms with Crippen molar-refractivity contribution < 1.29 is 47.2 Å². The molecule has 0 atom stereocenters. The number of hydrogen-bond acceptors (Lipinski definition) is 11. The van der Waals surface area contributed by atoms with E-state index < -0.39 is 23.1 Å². The van der Waals surface area contributed by atoms with Crippen molar-refractivity contribution in [3.8, 4) is 45.9 Å². The molecule has 0 spiro atoms. The van der Waals surface area contributed by atoms with Crippen LogP contribution in [0.2, 0.25) is 0 Å². The lowest BCUT2D eigenvalue weighted by molar-refractivity contribution is -0.158. The van der Waals surface area contributed by atoms with Crippen molar-refractivity contribution in [1.82, 2.24) is 9.97 Å². The first-order valence-electron chi connectivity index (χ1n) is 21.1. The van der Waals surface area contributed by atoms with Gasteiger partial charge in [-0.25, -0.2) is 19.6 Å². The maximum Gasteiger partial charge on any atom is 0.349 e. The van der Waals surface area contributed by atoms with Gasteiger partial charge in [-0.2, -0.15) is 0 Å². The molecule has 12 nitrogen and oxygen atoms in total. The van der Waals surface area contributed by atoms with E-state index in [0.717, 1.165) is 65.5 Å². The van der Waals surface area contributed by atoms with Gasteiger partial charge in [0.1, 0.15) is 34.5 Å². The normalized spacial score (nSPS) is 11.3. The van der Waals surface area contributed by atoms with Gasteiger partial charge in [-0.1, -0.05) is 50.2 Å². The van der Waals surface area contributed by atoms with E-state index in [0.29, 0.717) is 61.7 Å². The van der Waals surface area contributed by atoms with Gasteiger partial charge in [0.05, 0.1) is 31.2 Å². The number of aromatic nitrogens is 2. The van der Waals surface area contributed by atoms with Gasteiger partial charge in [0, 0.05) is 36.8 Å². The summed E-state index contributed by atoms with van der Waals surface area (Å²) in [4.78, 5) is 32.5. The molecule has 6 aromatic rings. The molecule has 6 rings (SSSR count). The summed E-state index contributed by atoms with van der Waals surface area (Å²) < 4.78 is 40.1. The lowest BCUT2D eigenvalue weighted by atomic mass is 10.1. The first-order chi connectivity index (χ1) is 29.8. The molecule has 2 aromatic heterocycles. The largest absolute Gasteiger partial charge is 0.493 e. The van der Waals surface area contributed by atoms with Crippen molar-refractivity contribution in [1.29, 1.82) is 0 Å². The Balaban J connectivity index is 0.000000235. The molecule has 0 amide bonds. The summed E-state index contributed by atoms with van der Waals surface area (Å²) in [5.41, 5.74) is 1.43. The minimum atomic E-state index is -1.29. The average molecular weight is 847 g/mol. The molecule has 4 aromatic carbocycles. The number of hydrogen-bond donors (Lipinski definition) is 1. The Labute approximate surface area is 364 Å². The zero-order valence-electron chi connectivity index (χ0n) is 36.8. The van der Waals surface area contributed by atoms with Crippen molar-refractivity contribution in [2.45, 2.75) is 98.2 Å². The average Bonchev–Trinajstić information content (AvgIpc) is 3.86. The van der Waals surface area contributed by atoms with E-state index in [1.807, 2.05) is 72.8 Å². The fourth-order valence-corrected chi connectivity index (χ4v) is 6.13. The number of carboxylic acids is 1. The molecule has 1 N–H and O–H groups in total. The number of ether oxygens (including phenoxy) is 5. The fraction of sp³-hybridized carbons (Fsp3) is 0.360. The van der Waals surface area contributed by atoms with Crippen LogP contribution in [0, 0.1) is 0 Å². The quantitative estimate of drug-likeness (QED) is 0.0686. The van der Waals surface area contributed by atoms with Crippen LogP contribution in [0.1, 0.15) is 84.2 Å². The third kappa shape index (κ3) is 13.5. The van der Waals surface area contributed by atoms with Gasteiger partial charge in [0.25, 0.3) is 0 Å². The first kappa shape index (κ1) is 46.5. The molecule has 2 heterocycles.